The Morgan fingerprint density at radius 3 is 2.76 bits per heavy atom. The van der Waals surface area contributed by atoms with E-state index in [-0.39, 0.29) is 6.61 Å². The smallest absolute Gasteiger partial charge is 0.396 e. The monoisotopic (exact) mass is 489 g/mol. The van der Waals surface area contributed by atoms with Crippen molar-refractivity contribution >= 4 is 54.3 Å². The summed E-state index contributed by atoms with van der Waals surface area (Å²) >= 11 is 1.55. The molecule has 12 nitrogen and oxygen atoms in total. The SMILES string of the molecule is COS(=O)(=O)O.Cn1c(=NN=C2C=CC(=NC#N)C(CCO)=C2)sc2cc3cn[nH]c3cc21. The van der Waals surface area contributed by atoms with Crippen LogP contribution in [0.25, 0.3) is 21.1 Å². The predicted octanol–water partition coefficient (Wildman–Crippen LogP) is 1.61. The quantitative estimate of drug-likeness (QED) is 0.215. The molecule has 0 atom stereocenters. The van der Waals surface area contributed by atoms with Crippen LogP contribution in [0.2, 0.25) is 0 Å². The van der Waals surface area contributed by atoms with Crippen molar-refractivity contribution in [1.29, 1.82) is 5.26 Å². The first-order chi connectivity index (χ1) is 15.8. The molecule has 172 valence electrons. The van der Waals surface area contributed by atoms with Crippen molar-refractivity contribution in [3.63, 3.8) is 0 Å². The molecule has 0 radical (unpaired) electrons. The number of nitrogens with zero attached hydrogens (tertiary/aromatic N) is 6. The Morgan fingerprint density at radius 2 is 2.09 bits per heavy atom. The lowest BCUT2D eigenvalue weighted by Gasteiger charge is -2.08. The standard InChI is InChI=1S/C18H15N7OS.CH4O4S/c1-25-16-8-15-12(9-21-23-15)7-17(16)27-18(25)24-22-13-2-3-14(20-10-19)11(6-13)4-5-26;1-5-6(2,3)4/h2-3,6-9,26H,4-5H2,1H3,(H,21,23);1H3,(H,2,3,4). The number of aromatic amines is 1. The molecule has 0 saturated heterocycles. The minimum absolute atomic E-state index is 0.0260. The summed E-state index contributed by atoms with van der Waals surface area (Å²) in [6.45, 7) is -0.0260. The van der Waals surface area contributed by atoms with E-state index in [4.69, 9.17) is 9.81 Å². The van der Waals surface area contributed by atoms with Gasteiger partial charge in [-0.25, -0.2) is 0 Å². The number of aliphatic hydroxyl groups excluding tert-OH is 1. The van der Waals surface area contributed by atoms with E-state index >= 15 is 0 Å². The highest BCUT2D eigenvalue weighted by molar-refractivity contribution is 7.80. The number of H-pyrrole nitrogens is 1. The highest BCUT2D eigenvalue weighted by Crippen LogP contribution is 2.22. The number of benzene rings is 1. The van der Waals surface area contributed by atoms with Crippen molar-refractivity contribution in [2.75, 3.05) is 13.7 Å². The van der Waals surface area contributed by atoms with E-state index in [1.165, 1.54) is 0 Å². The molecule has 2 aromatic heterocycles. The number of aryl methyl sites for hydroxylation is 1. The van der Waals surface area contributed by atoms with Crippen LogP contribution in [0.15, 0.2) is 57.3 Å². The van der Waals surface area contributed by atoms with Crippen LogP contribution >= 0.6 is 11.3 Å². The molecule has 4 rings (SSSR count). The van der Waals surface area contributed by atoms with Gasteiger partial charge < -0.3 is 9.67 Å². The Bertz CT molecular complexity index is 1520. The molecule has 1 aliphatic rings. The summed E-state index contributed by atoms with van der Waals surface area (Å²) in [6, 6.07) is 4.13. The Morgan fingerprint density at radius 1 is 1.33 bits per heavy atom. The van der Waals surface area contributed by atoms with Gasteiger partial charge in [0, 0.05) is 19.0 Å². The fourth-order valence-corrected chi connectivity index (χ4v) is 3.88. The molecule has 2 heterocycles. The first-order valence-electron chi connectivity index (χ1n) is 9.29. The molecular formula is C19H19N7O5S2. The van der Waals surface area contributed by atoms with E-state index in [0.717, 1.165) is 38.6 Å². The Labute approximate surface area is 192 Å². The van der Waals surface area contributed by atoms with Crippen LogP contribution in [0, 0.1) is 11.5 Å². The third-order valence-electron chi connectivity index (χ3n) is 4.45. The maximum Gasteiger partial charge on any atom is 0.397 e. The van der Waals surface area contributed by atoms with E-state index < -0.39 is 10.4 Å². The number of rotatable bonds is 4. The van der Waals surface area contributed by atoms with Crippen molar-refractivity contribution in [1.82, 2.24) is 14.8 Å². The van der Waals surface area contributed by atoms with Gasteiger partial charge in [-0.2, -0.15) is 23.8 Å². The van der Waals surface area contributed by atoms with Crippen molar-refractivity contribution in [2.45, 2.75) is 6.42 Å². The van der Waals surface area contributed by atoms with Crippen LogP contribution in [0.4, 0.5) is 0 Å². The maximum absolute atomic E-state index is 9.33. The second-order valence-electron chi connectivity index (χ2n) is 6.51. The molecule has 0 fully saturated rings. The average Bonchev–Trinajstić information content (AvgIpc) is 3.36. The third kappa shape index (κ3) is 6.06. The molecule has 3 N–H and O–H groups in total. The van der Waals surface area contributed by atoms with Crippen LogP contribution in [0.1, 0.15) is 6.42 Å². The minimum atomic E-state index is -4.16. The molecule has 0 amide bonds. The Kier molecular flexibility index (Phi) is 7.63. The second-order valence-corrected chi connectivity index (χ2v) is 8.71. The number of allylic oxidation sites excluding steroid dienone is 3. The molecule has 1 aromatic carbocycles. The summed E-state index contributed by atoms with van der Waals surface area (Å²) in [6.07, 6.45) is 9.23. The second kappa shape index (κ2) is 10.4. The number of hydrogen-bond acceptors (Lipinski definition) is 10. The van der Waals surface area contributed by atoms with E-state index in [1.807, 2.05) is 17.7 Å². The predicted molar refractivity (Wildman–Crippen MR) is 124 cm³/mol. The summed E-state index contributed by atoms with van der Waals surface area (Å²) in [5.41, 5.74) is 3.98. The maximum atomic E-state index is 9.33. The Balaban J connectivity index is 0.000000454. The Hall–Kier alpha value is -3.48. The van der Waals surface area contributed by atoms with E-state index in [0.29, 0.717) is 17.8 Å². The van der Waals surface area contributed by atoms with Gasteiger partial charge in [0.1, 0.15) is 0 Å². The van der Waals surface area contributed by atoms with Gasteiger partial charge in [-0.1, -0.05) is 11.3 Å². The molecule has 0 bridgehead atoms. The highest BCUT2D eigenvalue weighted by atomic mass is 32.3. The number of nitrogens with one attached hydrogen (secondary N) is 1. The lowest BCUT2D eigenvalue weighted by Crippen LogP contribution is -2.11. The van der Waals surface area contributed by atoms with Crippen LogP contribution < -0.4 is 4.80 Å². The van der Waals surface area contributed by atoms with Crippen molar-refractivity contribution in [2.24, 2.45) is 22.2 Å². The zero-order valence-corrected chi connectivity index (χ0v) is 19.1. The summed E-state index contributed by atoms with van der Waals surface area (Å²) in [5.74, 6) is 0. The van der Waals surface area contributed by atoms with Gasteiger partial charge in [0.25, 0.3) is 0 Å². The zero-order valence-electron chi connectivity index (χ0n) is 17.5. The van der Waals surface area contributed by atoms with Gasteiger partial charge in [0.05, 0.1) is 40.5 Å². The number of hydrogen-bond donors (Lipinski definition) is 3. The molecule has 1 aliphatic carbocycles. The van der Waals surface area contributed by atoms with Gasteiger partial charge in [-0.3, -0.25) is 13.8 Å². The number of aliphatic imine (C=N–C) groups is 1. The first kappa shape index (κ1) is 24.2. The molecule has 0 unspecified atom stereocenters. The fourth-order valence-electron chi connectivity index (χ4n) is 2.88. The average molecular weight is 490 g/mol. The molecule has 3 aromatic rings. The van der Waals surface area contributed by atoms with Crippen molar-refractivity contribution in [3.8, 4) is 6.19 Å². The number of aromatic nitrogens is 3. The van der Waals surface area contributed by atoms with Crippen LogP contribution in [0.5, 0.6) is 0 Å². The van der Waals surface area contributed by atoms with Crippen LogP contribution in [0.3, 0.4) is 0 Å². The van der Waals surface area contributed by atoms with Crippen LogP contribution in [-0.4, -0.2) is 58.0 Å². The highest BCUT2D eigenvalue weighted by Gasteiger charge is 2.11. The summed E-state index contributed by atoms with van der Waals surface area (Å²) in [5, 5.41) is 34.8. The van der Waals surface area contributed by atoms with Crippen molar-refractivity contribution < 1.29 is 22.3 Å². The fraction of sp³-hybridized carbons (Fsp3) is 0.211. The van der Waals surface area contributed by atoms with Gasteiger partial charge in [-0.15, -0.1) is 10.2 Å². The van der Waals surface area contributed by atoms with Gasteiger partial charge in [0.15, 0.2) is 0 Å². The number of fused-ring (bicyclic) bond motifs is 2. The minimum Gasteiger partial charge on any atom is -0.396 e. The normalized spacial score (nSPS) is 16.8. The van der Waals surface area contributed by atoms with E-state index in [2.05, 4.69) is 35.6 Å². The molecule has 14 heteroatoms. The lowest BCUT2D eigenvalue weighted by atomic mass is 10.00. The van der Waals surface area contributed by atoms with E-state index in [1.54, 1.807) is 42.0 Å². The number of nitriles is 1. The molecule has 33 heavy (non-hydrogen) atoms. The topological polar surface area (TPSA) is 178 Å². The number of thiazole rings is 1. The summed E-state index contributed by atoms with van der Waals surface area (Å²) in [4.78, 5) is 4.53. The first-order valence-corrected chi connectivity index (χ1v) is 11.5. The van der Waals surface area contributed by atoms with Crippen LogP contribution in [-0.2, 0) is 21.6 Å². The number of aliphatic hydroxyl groups is 1. The third-order valence-corrected chi connectivity index (χ3v) is 5.95. The largest absolute Gasteiger partial charge is 0.397 e. The van der Waals surface area contributed by atoms with E-state index in [9.17, 15) is 13.5 Å². The zero-order chi connectivity index (χ0) is 24.0. The molecule has 0 saturated carbocycles. The van der Waals surface area contributed by atoms with Gasteiger partial charge in [-0.05, 0) is 42.4 Å². The summed E-state index contributed by atoms with van der Waals surface area (Å²) in [7, 11) is -1.35. The van der Waals surface area contributed by atoms with Gasteiger partial charge in [0.2, 0.25) is 11.0 Å². The van der Waals surface area contributed by atoms with Crippen molar-refractivity contribution in [3.05, 3.63) is 46.9 Å². The summed E-state index contributed by atoms with van der Waals surface area (Å²) < 4.78 is 32.8. The molecular weight excluding hydrogens is 470 g/mol. The van der Waals surface area contributed by atoms with Gasteiger partial charge >= 0.3 is 10.4 Å². The molecule has 0 aliphatic heterocycles. The molecule has 0 spiro atoms. The lowest BCUT2D eigenvalue weighted by molar-refractivity contribution is 0.301.